The minimum Gasteiger partial charge on any atom is -0.364 e. The summed E-state index contributed by atoms with van der Waals surface area (Å²) in [6.07, 6.45) is 6.15. The van der Waals surface area contributed by atoms with E-state index in [9.17, 15) is 14.9 Å². The number of nitro groups is 1. The number of carbonyl (C=O) groups is 1. The van der Waals surface area contributed by atoms with Crippen LogP contribution in [0.15, 0.2) is 6.20 Å². The number of nitrogens with two attached hydrogens (primary N) is 1. The average molecular weight is 363 g/mol. The van der Waals surface area contributed by atoms with Gasteiger partial charge < -0.3 is 21.3 Å². The van der Waals surface area contributed by atoms with Gasteiger partial charge >= 0.3 is 5.69 Å². The number of anilines is 2. The lowest BCUT2D eigenvalue weighted by atomic mass is 9.86. The predicted octanol–water partition coefficient (Wildman–Crippen LogP) is 0.958. The maximum atomic E-state index is 11.9. The fourth-order valence-corrected chi connectivity index (χ4v) is 3.19. The van der Waals surface area contributed by atoms with Crippen LogP contribution in [0.1, 0.15) is 32.1 Å². The van der Waals surface area contributed by atoms with Crippen molar-refractivity contribution in [2.75, 3.05) is 36.8 Å². The summed E-state index contributed by atoms with van der Waals surface area (Å²) in [7, 11) is 0. The molecule has 0 atom stereocenters. The summed E-state index contributed by atoms with van der Waals surface area (Å²) >= 11 is 0. The molecule has 0 bridgehead atoms. The van der Waals surface area contributed by atoms with E-state index in [2.05, 4.69) is 20.6 Å². The molecular weight excluding hydrogens is 338 g/mol. The number of hydrogen-bond acceptors (Lipinski definition) is 8. The molecule has 1 aromatic rings. The van der Waals surface area contributed by atoms with E-state index in [0.717, 1.165) is 45.2 Å². The molecule has 4 N–H and O–H groups in total. The molecule has 2 heterocycles. The van der Waals surface area contributed by atoms with Crippen LogP contribution >= 0.6 is 0 Å². The molecule has 3 rings (SSSR count). The number of likely N-dealkylation sites (tertiary alicyclic amines) is 1. The van der Waals surface area contributed by atoms with E-state index < -0.39 is 4.92 Å². The summed E-state index contributed by atoms with van der Waals surface area (Å²) in [4.78, 5) is 32.5. The first-order valence-corrected chi connectivity index (χ1v) is 9.05. The van der Waals surface area contributed by atoms with Crippen molar-refractivity contribution in [1.82, 2.24) is 14.9 Å². The van der Waals surface area contributed by atoms with Gasteiger partial charge in [-0.2, -0.15) is 4.98 Å². The first-order valence-electron chi connectivity index (χ1n) is 9.05. The van der Waals surface area contributed by atoms with Gasteiger partial charge in [-0.05, 0) is 38.0 Å². The van der Waals surface area contributed by atoms with Crippen LogP contribution in [0.2, 0.25) is 0 Å². The van der Waals surface area contributed by atoms with Crippen LogP contribution in [0.5, 0.6) is 0 Å². The van der Waals surface area contributed by atoms with Crippen LogP contribution < -0.4 is 16.4 Å². The molecule has 26 heavy (non-hydrogen) atoms. The molecule has 1 aliphatic heterocycles. The second kappa shape index (κ2) is 8.26. The number of nitrogens with zero attached hydrogens (tertiary/aromatic N) is 4. The molecule has 2 fully saturated rings. The zero-order valence-corrected chi connectivity index (χ0v) is 14.7. The van der Waals surface area contributed by atoms with Gasteiger partial charge in [0.25, 0.3) is 0 Å². The van der Waals surface area contributed by atoms with Crippen molar-refractivity contribution < 1.29 is 9.72 Å². The first-order chi connectivity index (χ1) is 12.5. The van der Waals surface area contributed by atoms with Gasteiger partial charge in [0.2, 0.25) is 17.7 Å². The molecule has 0 spiro atoms. The third kappa shape index (κ3) is 4.57. The van der Waals surface area contributed by atoms with Gasteiger partial charge in [0.05, 0.1) is 11.5 Å². The van der Waals surface area contributed by atoms with Crippen molar-refractivity contribution in [3.05, 3.63) is 16.3 Å². The molecule has 0 radical (unpaired) electrons. The number of aromatic nitrogens is 2. The number of hydrogen-bond donors (Lipinski definition) is 3. The lowest BCUT2D eigenvalue weighted by molar-refractivity contribution is -0.384. The predicted molar refractivity (Wildman–Crippen MR) is 96.8 cm³/mol. The largest absolute Gasteiger partial charge is 0.364 e. The van der Waals surface area contributed by atoms with Crippen molar-refractivity contribution in [3.63, 3.8) is 0 Å². The minimum atomic E-state index is -0.506. The SMILES string of the molecule is NC1CCC(CNc2nc(NCC(=O)N3CCC3)ncc2[N+](=O)[O-])CC1. The first kappa shape index (κ1) is 18.3. The van der Waals surface area contributed by atoms with Gasteiger partial charge in [-0.3, -0.25) is 14.9 Å². The molecule has 142 valence electrons. The maximum Gasteiger partial charge on any atom is 0.329 e. The highest BCUT2D eigenvalue weighted by Gasteiger charge is 2.23. The highest BCUT2D eigenvalue weighted by molar-refractivity contribution is 5.81. The molecule has 1 aliphatic carbocycles. The van der Waals surface area contributed by atoms with E-state index >= 15 is 0 Å². The van der Waals surface area contributed by atoms with Crippen molar-refractivity contribution in [3.8, 4) is 0 Å². The van der Waals surface area contributed by atoms with E-state index in [-0.39, 0.29) is 35.9 Å². The summed E-state index contributed by atoms with van der Waals surface area (Å²) in [6.45, 7) is 2.24. The van der Waals surface area contributed by atoms with Gasteiger partial charge in [0.1, 0.15) is 6.20 Å². The summed E-state index contributed by atoms with van der Waals surface area (Å²) in [5.74, 6) is 0.788. The number of carbonyl (C=O) groups excluding carboxylic acids is 1. The maximum absolute atomic E-state index is 11.9. The number of rotatable bonds is 7. The van der Waals surface area contributed by atoms with Crippen LogP contribution in [-0.2, 0) is 4.79 Å². The smallest absolute Gasteiger partial charge is 0.329 e. The molecule has 1 aromatic heterocycles. The molecule has 10 heteroatoms. The molecule has 1 saturated heterocycles. The highest BCUT2D eigenvalue weighted by atomic mass is 16.6. The second-order valence-electron chi connectivity index (χ2n) is 6.93. The van der Waals surface area contributed by atoms with Crippen molar-refractivity contribution in [2.45, 2.75) is 38.1 Å². The molecule has 2 aliphatic rings. The third-order valence-electron chi connectivity index (χ3n) is 5.02. The van der Waals surface area contributed by atoms with Crippen molar-refractivity contribution in [1.29, 1.82) is 0 Å². The van der Waals surface area contributed by atoms with Gasteiger partial charge in [-0.25, -0.2) is 4.98 Å². The van der Waals surface area contributed by atoms with E-state index in [1.807, 2.05) is 0 Å². The van der Waals surface area contributed by atoms with Crippen molar-refractivity contribution in [2.24, 2.45) is 11.7 Å². The molecule has 1 amide bonds. The Labute approximate surface area is 151 Å². The summed E-state index contributed by atoms with van der Waals surface area (Å²) in [6, 6.07) is 0.263. The average Bonchev–Trinajstić information content (AvgIpc) is 2.58. The molecule has 1 saturated carbocycles. The van der Waals surface area contributed by atoms with Gasteiger partial charge in [0, 0.05) is 25.7 Å². The fraction of sp³-hybridized carbons (Fsp3) is 0.688. The van der Waals surface area contributed by atoms with Crippen LogP contribution in [0.25, 0.3) is 0 Å². The Morgan fingerprint density at radius 2 is 2.04 bits per heavy atom. The van der Waals surface area contributed by atoms with Crippen LogP contribution in [0.3, 0.4) is 0 Å². The topological polar surface area (TPSA) is 139 Å². The third-order valence-corrected chi connectivity index (χ3v) is 5.02. The van der Waals surface area contributed by atoms with E-state index in [1.165, 1.54) is 6.20 Å². The van der Waals surface area contributed by atoms with E-state index in [1.54, 1.807) is 4.90 Å². The van der Waals surface area contributed by atoms with E-state index in [4.69, 9.17) is 5.73 Å². The zero-order valence-electron chi connectivity index (χ0n) is 14.7. The van der Waals surface area contributed by atoms with Crippen LogP contribution in [0, 0.1) is 16.0 Å². The Morgan fingerprint density at radius 1 is 1.31 bits per heavy atom. The molecular formula is C16H25N7O3. The number of nitrogens with one attached hydrogen (secondary N) is 2. The summed E-state index contributed by atoms with van der Waals surface area (Å²) in [5.41, 5.74) is 5.74. The minimum absolute atomic E-state index is 0.0220. The van der Waals surface area contributed by atoms with Crippen LogP contribution in [-0.4, -0.2) is 57.9 Å². The second-order valence-corrected chi connectivity index (χ2v) is 6.93. The molecule has 0 aromatic carbocycles. The normalized spacial score (nSPS) is 22.4. The highest BCUT2D eigenvalue weighted by Crippen LogP contribution is 2.26. The Kier molecular flexibility index (Phi) is 5.82. The van der Waals surface area contributed by atoms with Gasteiger partial charge in [-0.1, -0.05) is 0 Å². The Balaban J connectivity index is 1.60. The Morgan fingerprint density at radius 3 is 2.65 bits per heavy atom. The van der Waals surface area contributed by atoms with Gasteiger partial charge in [0.15, 0.2) is 0 Å². The molecule has 10 nitrogen and oxygen atoms in total. The lowest BCUT2D eigenvalue weighted by Crippen LogP contribution is -2.44. The quantitative estimate of drug-likeness (QED) is 0.481. The Bertz CT molecular complexity index is 657. The fourth-order valence-electron chi connectivity index (χ4n) is 3.19. The summed E-state index contributed by atoms with van der Waals surface area (Å²) in [5, 5.41) is 17.2. The zero-order chi connectivity index (χ0) is 18.5. The summed E-state index contributed by atoms with van der Waals surface area (Å²) < 4.78 is 0. The van der Waals surface area contributed by atoms with Crippen molar-refractivity contribution >= 4 is 23.4 Å². The standard InChI is InChI=1S/C16H25N7O3/c17-12-4-2-11(3-5-12)8-18-15-13(23(25)26)9-19-16(21-15)20-10-14(24)22-6-1-7-22/h9,11-12H,1-8,10,17H2,(H2,18,19,20,21). The van der Waals surface area contributed by atoms with Gasteiger partial charge in [-0.15, -0.1) is 0 Å². The number of amides is 1. The van der Waals surface area contributed by atoms with Crippen LogP contribution in [0.4, 0.5) is 17.5 Å². The lowest BCUT2D eigenvalue weighted by Gasteiger charge is -2.30. The Hall–Kier alpha value is -2.49. The molecule has 0 unspecified atom stereocenters. The monoisotopic (exact) mass is 363 g/mol. The van der Waals surface area contributed by atoms with E-state index in [0.29, 0.717) is 12.5 Å².